The molecule has 0 aliphatic carbocycles. The molecule has 10 nitrogen and oxygen atoms in total. The number of rotatable bonds is 5. The van der Waals surface area contributed by atoms with Gasteiger partial charge in [-0.1, -0.05) is 0 Å². The Bertz CT molecular complexity index is 1160. The standard InChI is InChI=1S/C19H18O10/c1-25-10-6-8(20)7(5-9(10)21)15-18(27-3)13(23)11-12(22)17(26-2)14(24)19(28-4)16(11)29-15/h5-6,20-22,24H,1-4H3. The molecule has 29 heavy (non-hydrogen) atoms. The third-order valence-electron chi connectivity index (χ3n) is 4.31. The topological polar surface area (TPSA) is 148 Å². The van der Waals surface area contributed by atoms with Crippen LogP contribution in [0, 0.1) is 0 Å². The van der Waals surface area contributed by atoms with Gasteiger partial charge in [0.2, 0.25) is 28.4 Å². The van der Waals surface area contributed by atoms with E-state index in [1.54, 1.807) is 0 Å². The van der Waals surface area contributed by atoms with E-state index in [4.69, 9.17) is 23.4 Å². The normalized spacial score (nSPS) is 10.8. The maximum Gasteiger partial charge on any atom is 0.239 e. The van der Waals surface area contributed by atoms with Crippen LogP contribution >= 0.6 is 0 Å². The van der Waals surface area contributed by atoms with Gasteiger partial charge in [-0.25, -0.2) is 0 Å². The summed E-state index contributed by atoms with van der Waals surface area (Å²) in [6.07, 6.45) is 0. The smallest absolute Gasteiger partial charge is 0.239 e. The number of hydrogen-bond acceptors (Lipinski definition) is 10. The summed E-state index contributed by atoms with van der Waals surface area (Å²) < 4.78 is 25.8. The van der Waals surface area contributed by atoms with E-state index in [0.717, 1.165) is 12.1 Å². The van der Waals surface area contributed by atoms with Gasteiger partial charge in [0, 0.05) is 6.07 Å². The molecule has 10 heteroatoms. The Morgan fingerprint density at radius 2 is 1.38 bits per heavy atom. The summed E-state index contributed by atoms with van der Waals surface area (Å²) in [5.74, 6) is -3.33. The number of benzene rings is 2. The second kappa shape index (κ2) is 7.23. The van der Waals surface area contributed by atoms with Crippen molar-refractivity contribution in [3.8, 4) is 57.3 Å². The Labute approximate surface area is 163 Å². The van der Waals surface area contributed by atoms with Gasteiger partial charge in [0.05, 0.1) is 34.0 Å². The highest BCUT2D eigenvalue weighted by Gasteiger charge is 2.29. The second-order valence-corrected chi connectivity index (χ2v) is 5.80. The van der Waals surface area contributed by atoms with Crippen LogP contribution in [-0.2, 0) is 0 Å². The fourth-order valence-electron chi connectivity index (χ4n) is 2.98. The Morgan fingerprint density at radius 1 is 0.759 bits per heavy atom. The molecular formula is C19H18O10. The largest absolute Gasteiger partial charge is 0.507 e. The van der Waals surface area contributed by atoms with E-state index in [2.05, 4.69) is 0 Å². The lowest BCUT2D eigenvalue weighted by Crippen LogP contribution is -2.09. The fourth-order valence-corrected chi connectivity index (χ4v) is 2.98. The monoisotopic (exact) mass is 406 g/mol. The number of fused-ring (bicyclic) bond motifs is 1. The van der Waals surface area contributed by atoms with Gasteiger partial charge in [0.1, 0.15) is 11.1 Å². The Balaban J connectivity index is 2.51. The third kappa shape index (κ3) is 2.85. The van der Waals surface area contributed by atoms with Crippen molar-refractivity contribution in [1.82, 2.24) is 0 Å². The van der Waals surface area contributed by atoms with Crippen LogP contribution < -0.4 is 24.4 Å². The number of phenolic OH excluding ortho intramolecular Hbond substituents is 4. The molecule has 4 N–H and O–H groups in total. The van der Waals surface area contributed by atoms with Crippen molar-refractivity contribution in [2.24, 2.45) is 0 Å². The SMILES string of the molecule is COc1cc(O)c(-c2oc3c(OC)c(O)c(OC)c(O)c3c(=O)c2OC)cc1O. The van der Waals surface area contributed by atoms with Gasteiger partial charge >= 0.3 is 0 Å². The van der Waals surface area contributed by atoms with Crippen LogP contribution in [0.3, 0.4) is 0 Å². The summed E-state index contributed by atoms with van der Waals surface area (Å²) in [4.78, 5) is 13.0. The van der Waals surface area contributed by atoms with Gasteiger partial charge in [0.25, 0.3) is 0 Å². The molecule has 3 aromatic rings. The average Bonchev–Trinajstić information content (AvgIpc) is 2.69. The van der Waals surface area contributed by atoms with E-state index in [9.17, 15) is 25.2 Å². The van der Waals surface area contributed by atoms with Gasteiger partial charge in [-0.15, -0.1) is 0 Å². The van der Waals surface area contributed by atoms with Crippen molar-refractivity contribution in [3.63, 3.8) is 0 Å². The van der Waals surface area contributed by atoms with Crippen LogP contribution in [0.2, 0.25) is 0 Å². The van der Waals surface area contributed by atoms with Crippen LogP contribution in [0.1, 0.15) is 0 Å². The maximum absolute atomic E-state index is 13.0. The number of aromatic hydroxyl groups is 4. The highest BCUT2D eigenvalue weighted by atomic mass is 16.5. The summed E-state index contributed by atoms with van der Waals surface area (Å²) in [5.41, 5.74) is -1.25. The zero-order chi connectivity index (χ0) is 21.5. The van der Waals surface area contributed by atoms with Gasteiger partial charge in [-0.05, 0) is 6.07 Å². The molecule has 0 saturated carbocycles. The molecule has 0 aliphatic heterocycles. The summed E-state index contributed by atoms with van der Waals surface area (Å²) >= 11 is 0. The number of methoxy groups -OCH3 is 4. The lowest BCUT2D eigenvalue weighted by Gasteiger charge is -2.16. The minimum Gasteiger partial charge on any atom is -0.507 e. The van der Waals surface area contributed by atoms with Crippen LogP contribution in [-0.4, -0.2) is 48.9 Å². The van der Waals surface area contributed by atoms with Crippen molar-refractivity contribution in [2.45, 2.75) is 0 Å². The zero-order valence-electron chi connectivity index (χ0n) is 15.9. The average molecular weight is 406 g/mol. The van der Waals surface area contributed by atoms with E-state index < -0.39 is 16.9 Å². The van der Waals surface area contributed by atoms with Gasteiger partial charge in [-0.3, -0.25) is 4.79 Å². The van der Waals surface area contributed by atoms with E-state index >= 15 is 0 Å². The Hall–Kier alpha value is -3.95. The molecule has 0 fully saturated rings. The van der Waals surface area contributed by atoms with E-state index in [0.29, 0.717) is 0 Å². The van der Waals surface area contributed by atoms with Crippen molar-refractivity contribution in [1.29, 1.82) is 0 Å². The van der Waals surface area contributed by atoms with Crippen molar-refractivity contribution < 1.29 is 43.8 Å². The summed E-state index contributed by atoms with van der Waals surface area (Å²) in [6.45, 7) is 0. The van der Waals surface area contributed by atoms with Crippen LogP contribution in [0.25, 0.3) is 22.3 Å². The van der Waals surface area contributed by atoms with Gasteiger partial charge < -0.3 is 43.8 Å². The minimum absolute atomic E-state index is 0.00837. The molecule has 0 aliphatic rings. The molecule has 3 rings (SSSR count). The molecule has 0 radical (unpaired) electrons. The molecule has 2 aromatic carbocycles. The first-order valence-electron chi connectivity index (χ1n) is 8.11. The zero-order valence-corrected chi connectivity index (χ0v) is 15.9. The van der Waals surface area contributed by atoms with Gasteiger partial charge in [0.15, 0.2) is 28.6 Å². The summed E-state index contributed by atoms with van der Waals surface area (Å²) in [5, 5.41) is 40.8. The maximum atomic E-state index is 13.0. The van der Waals surface area contributed by atoms with Crippen molar-refractivity contribution in [2.75, 3.05) is 28.4 Å². The quantitative estimate of drug-likeness (QED) is 0.465. The van der Waals surface area contributed by atoms with Gasteiger partial charge in [-0.2, -0.15) is 0 Å². The predicted molar refractivity (Wildman–Crippen MR) is 101 cm³/mol. The molecule has 0 unspecified atom stereocenters. The second-order valence-electron chi connectivity index (χ2n) is 5.80. The summed E-state index contributed by atoms with van der Waals surface area (Å²) in [7, 11) is 4.89. The van der Waals surface area contributed by atoms with E-state index in [1.165, 1.54) is 28.4 Å². The molecule has 1 heterocycles. The van der Waals surface area contributed by atoms with Crippen LogP contribution in [0.5, 0.6) is 46.0 Å². The lowest BCUT2D eigenvalue weighted by atomic mass is 10.1. The summed E-state index contributed by atoms with van der Waals surface area (Å²) in [6, 6.07) is 2.23. The molecule has 0 spiro atoms. The Morgan fingerprint density at radius 3 is 1.93 bits per heavy atom. The number of phenols is 4. The molecule has 0 amide bonds. The molecule has 1 aromatic heterocycles. The predicted octanol–water partition coefficient (Wildman–Crippen LogP) is 2.32. The highest BCUT2D eigenvalue weighted by Crippen LogP contribution is 2.51. The first-order chi connectivity index (χ1) is 13.8. The molecule has 154 valence electrons. The molecule has 0 saturated heterocycles. The molecule has 0 bridgehead atoms. The van der Waals surface area contributed by atoms with Crippen molar-refractivity contribution in [3.05, 3.63) is 22.4 Å². The first-order valence-corrected chi connectivity index (χ1v) is 8.11. The third-order valence-corrected chi connectivity index (χ3v) is 4.31. The number of hydrogen-bond donors (Lipinski definition) is 4. The Kier molecular flexibility index (Phi) is 4.93. The minimum atomic E-state index is -0.826. The fraction of sp³-hybridized carbons (Fsp3) is 0.211. The van der Waals surface area contributed by atoms with Crippen molar-refractivity contribution >= 4 is 11.0 Å². The number of ether oxygens (including phenoxy) is 4. The van der Waals surface area contributed by atoms with E-state index in [-0.39, 0.29) is 56.8 Å². The van der Waals surface area contributed by atoms with Crippen LogP contribution in [0.4, 0.5) is 0 Å². The first kappa shape index (κ1) is 19.8. The van der Waals surface area contributed by atoms with Crippen LogP contribution in [0.15, 0.2) is 21.3 Å². The van der Waals surface area contributed by atoms with E-state index in [1.807, 2.05) is 0 Å². The lowest BCUT2D eigenvalue weighted by molar-refractivity contribution is 0.322. The highest BCUT2D eigenvalue weighted by molar-refractivity contribution is 5.96. The molecule has 0 atom stereocenters. The molecular weight excluding hydrogens is 388 g/mol.